The molecule has 3 aromatic rings. The molecule has 1 saturated carbocycles. The van der Waals surface area contributed by atoms with Crippen LogP contribution in [0.4, 0.5) is 10.5 Å². The fraction of sp³-hybridized carbons (Fsp3) is 0.406. The first-order valence-electron chi connectivity index (χ1n) is 13.7. The molecule has 2 amide bonds. The highest BCUT2D eigenvalue weighted by Gasteiger charge is 2.50. The van der Waals surface area contributed by atoms with Crippen LogP contribution in [0, 0.1) is 5.92 Å². The number of rotatable bonds is 6. The molecule has 1 aliphatic carbocycles. The second-order valence-corrected chi connectivity index (χ2v) is 12.0. The summed E-state index contributed by atoms with van der Waals surface area (Å²) in [6.07, 6.45) is 1.70. The molecule has 0 radical (unpaired) electrons. The van der Waals surface area contributed by atoms with Crippen LogP contribution < -0.4 is 9.64 Å². The molecule has 39 heavy (non-hydrogen) atoms. The predicted octanol–water partition coefficient (Wildman–Crippen LogP) is 6.95. The number of hydrogen-bond acceptors (Lipinski definition) is 4. The molecule has 204 valence electrons. The molecular formula is C32H37N3O4. The first-order valence-corrected chi connectivity index (χ1v) is 13.7. The molecular weight excluding hydrogens is 490 g/mol. The number of carbonyl (C=O) groups excluding carboxylic acids is 1. The zero-order valence-electron chi connectivity index (χ0n) is 23.4. The van der Waals surface area contributed by atoms with E-state index in [-0.39, 0.29) is 12.5 Å². The van der Waals surface area contributed by atoms with Gasteiger partial charge in [-0.15, -0.1) is 0 Å². The second-order valence-electron chi connectivity index (χ2n) is 12.0. The van der Waals surface area contributed by atoms with Crippen molar-refractivity contribution in [3.05, 3.63) is 66.2 Å². The topological polar surface area (TPSA) is 83.0 Å². The molecule has 0 atom stereocenters. The Balaban J connectivity index is 1.61. The number of carboxylic acid groups (broad SMARTS) is 1. The van der Waals surface area contributed by atoms with Crippen molar-refractivity contribution < 1.29 is 19.4 Å². The maximum atomic E-state index is 12.8. The number of amides is 2. The van der Waals surface area contributed by atoms with Gasteiger partial charge in [-0.3, -0.25) is 9.69 Å². The van der Waals surface area contributed by atoms with Gasteiger partial charge in [0.25, 0.3) is 5.91 Å². The van der Waals surface area contributed by atoms with Crippen molar-refractivity contribution in [3.8, 4) is 28.3 Å². The molecule has 1 N–H and O–H groups in total. The summed E-state index contributed by atoms with van der Waals surface area (Å²) in [7, 11) is 0. The molecule has 0 bridgehead atoms. The maximum absolute atomic E-state index is 12.8. The summed E-state index contributed by atoms with van der Waals surface area (Å²) in [5.41, 5.74) is 4.21. The van der Waals surface area contributed by atoms with Crippen molar-refractivity contribution in [3.63, 3.8) is 0 Å². The van der Waals surface area contributed by atoms with E-state index in [2.05, 4.69) is 13.8 Å². The summed E-state index contributed by atoms with van der Waals surface area (Å²) in [6, 6.07) is 20.2. The van der Waals surface area contributed by atoms with E-state index < -0.39 is 17.2 Å². The Labute approximate surface area is 230 Å². The monoisotopic (exact) mass is 527 g/mol. The number of benzene rings is 2. The van der Waals surface area contributed by atoms with Gasteiger partial charge >= 0.3 is 6.09 Å². The highest BCUT2D eigenvalue weighted by Crippen LogP contribution is 2.50. The minimum atomic E-state index is -0.897. The summed E-state index contributed by atoms with van der Waals surface area (Å²) in [5.74, 6) is 0.681. The van der Waals surface area contributed by atoms with Crippen LogP contribution in [0.2, 0.25) is 0 Å². The summed E-state index contributed by atoms with van der Waals surface area (Å²) in [4.78, 5) is 33.5. The Bertz CT molecular complexity index is 1370. The SMILES string of the molecule is CC(C)CN1C(=O)COc2nc(-c3ccc(C4(N(C(=O)O)C(C)(C)C)CCC4)cc3)c(-c3ccccc3)cc21. The van der Waals surface area contributed by atoms with Gasteiger partial charge < -0.3 is 14.7 Å². The van der Waals surface area contributed by atoms with Crippen LogP contribution in [0.3, 0.4) is 0 Å². The number of aromatic nitrogens is 1. The van der Waals surface area contributed by atoms with Crippen molar-refractivity contribution in [2.24, 2.45) is 5.92 Å². The van der Waals surface area contributed by atoms with E-state index >= 15 is 0 Å². The number of ether oxygens (including phenoxy) is 1. The fourth-order valence-corrected chi connectivity index (χ4v) is 5.95. The number of pyridine rings is 1. The average Bonchev–Trinajstić information content (AvgIpc) is 2.86. The number of nitrogens with zero attached hydrogens (tertiary/aromatic N) is 3. The normalized spacial score (nSPS) is 16.4. The molecule has 5 rings (SSSR count). The summed E-state index contributed by atoms with van der Waals surface area (Å²) in [6.45, 7) is 10.6. The molecule has 2 aliphatic rings. The van der Waals surface area contributed by atoms with E-state index in [4.69, 9.17) is 9.72 Å². The Morgan fingerprint density at radius 3 is 2.28 bits per heavy atom. The van der Waals surface area contributed by atoms with Crippen LogP contribution in [0.1, 0.15) is 59.4 Å². The lowest BCUT2D eigenvalue weighted by Gasteiger charge is -2.54. The van der Waals surface area contributed by atoms with Gasteiger partial charge in [-0.2, -0.15) is 0 Å². The van der Waals surface area contributed by atoms with E-state index in [1.54, 1.807) is 9.80 Å². The van der Waals surface area contributed by atoms with Crippen LogP contribution in [-0.2, 0) is 10.3 Å². The zero-order chi connectivity index (χ0) is 27.9. The van der Waals surface area contributed by atoms with E-state index in [0.29, 0.717) is 24.0 Å². The third-order valence-corrected chi connectivity index (χ3v) is 7.69. The molecule has 7 nitrogen and oxygen atoms in total. The molecule has 0 unspecified atom stereocenters. The van der Waals surface area contributed by atoms with E-state index in [0.717, 1.165) is 47.2 Å². The van der Waals surface area contributed by atoms with Gasteiger partial charge in [-0.25, -0.2) is 9.78 Å². The minimum absolute atomic E-state index is 0.0316. The van der Waals surface area contributed by atoms with Gasteiger partial charge in [0, 0.05) is 23.2 Å². The van der Waals surface area contributed by atoms with E-state index in [1.165, 1.54) is 0 Å². The van der Waals surface area contributed by atoms with Crippen molar-refractivity contribution >= 4 is 17.7 Å². The number of anilines is 1. The maximum Gasteiger partial charge on any atom is 0.408 e. The largest absolute Gasteiger partial charge is 0.466 e. The van der Waals surface area contributed by atoms with Crippen molar-refractivity contribution in [2.45, 2.75) is 65.0 Å². The molecule has 2 aromatic carbocycles. The first kappa shape index (κ1) is 26.7. The predicted molar refractivity (Wildman–Crippen MR) is 153 cm³/mol. The molecule has 2 heterocycles. The van der Waals surface area contributed by atoms with E-state index in [9.17, 15) is 14.7 Å². The minimum Gasteiger partial charge on any atom is -0.466 e. The molecule has 0 saturated heterocycles. The zero-order valence-corrected chi connectivity index (χ0v) is 23.4. The first-order chi connectivity index (χ1) is 18.5. The van der Waals surface area contributed by atoms with Crippen molar-refractivity contribution in [1.82, 2.24) is 9.88 Å². The van der Waals surface area contributed by atoms with Gasteiger partial charge in [0.15, 0.2) is 6.61 Å². The fourth-order valence-electron chi connectivity index (χ4n) is 5.95. The highest BCUT2D eigenvalue weighted by molar-refractivity contribution is 5.99. The van der Waals surface area contributed by atoms with Crippen LogP contribution in [0.25, 0.3) is 22.4 Å². The third kappa shape index (κ3) is 4.86. The summed E-state index contributed by atoms with van der Waals surface area (Å²) in [5, 5.41) is 10.1. The molecule has 1 aromatic heterocycles. The molecule has 0 spiro atoms. The van der Waals surface area contributed by atoms with E-state index in [1.807, 2.05) is 81.4 Å². The Morgan fingerprint density at radius 2 is 1.74 bits per heavy atom. The average molecular weight is 528 g/mol. The lowest BCUT2D eigenvalue weighted by molar-refractivity contribution is -0.121. The van der Waals surface area contributed by atoms with Gasteiger partial charge in [-0.05, 0) is 63.1 Å². The lowest BCUT2D eigenvalue weighted by atomic mass is 9.69. The molecule has 1 fully saturated rings. The van der Waals surface area contributed by atoms with Crippen molar-refractivity contribution in [2.75, 3.05) is 18.1 Å². The number of fused-ring (bicyclic) bond motifs is 1. The van der Waals surface area contributed by atoms with Crippen LogP contribution in [-0.4, -0.2) is 45.7 Å². The summed E-state index contributed by atoms with van der Waals surface area (Å²) >= 11 is 0. The second kappa shape index (κ2) is 10.0. The standard InChI is InChI=1S/C32H37N3O4/c1-21(2)19-34-26-18-25(22-10-7-6-8-11-22)28(33-29(26)39-20-27(34)36)23-12-14-24(15-13-23)32(16-9-17-32)35(30(37)38)31(3,4)5/h6-8,10-15,18,21H,9,16-17,19-20H2,1-5H3,(H,37,38). The smallest absolute Gasteiger partial charge is 0.408 e. The summed E-state index contributed by atoms with van der Waals surface area (Å²) < 4.78 is 5.83. The van der Waals surface area contributed by atoms with Gasteiger partial charge in [-0.1, -0.05) is 68.4 Å². The number of hydrogen-bond donors (Lipinski definition) is 1. The third-order valence-electron chi connectivity index (χ3n) is 7.69. The quantitative estimate of drug-likeness (QED) is 0.375. The Kier molecular flexibility index (Phi) is 6.87. The van der Waals surface area contributed by atoms with Crippen LogP contribution in [0.15, 0.2) is 60.7 Å². The molecule has 1 aliphatic heterocycles. The lowest BCUT2D eigenvalue weighted by Crippen LogP contribution is -2.60. The van der Waals surface area contributed by atoms with Gasteiger partial charge in [0.05, 0.1) is 11.2 Å². The molecule has 7 heteroatoms. The number of carbonyl (C=O) groups is 2. The highest BCUT2D eigenvalue weighted by atomic mass is 16.5. The van der Waals surface area contributed by atoms with Crippen molar-refractivity contribution in [1.29, 1.82) is 0 Å². The Hall–Kier alpha value is -3.87. The van der Waals surface area contributed by atoms with Gasteiger partial charge in [0.1, 0.15) is 5.69 Å². The Morgan fingerprint density at radius 1 is 1.08 bits per heavy atom. The van der Waals surface area contributed by atoms with Crippen LogP contribution >= 0.6 is 0 Å². The van der Waals surface area contributed by atoms with Crippen LogP contribution in [0.5, 0.6) is 5.88 Å². The van der Waals surface area contributed by atoms with Gasteiger partial charge in [0.2, 0.25) is 5.88 Å².